The zero-order valence-electron chi connectivity index (χ0n) is 13.3. The Morgan fingerprint density at radius 2 is 1.58 bits per heavy atom. The highest BCUT2D eigenvalue weighted by molar-refractivity contribution is 7.14. The lowest BCUT2D eigenvalue weighted by Gasteiger charge is -2.04. The molecule has 3 rings (SSSR count). The first-order chi connectivity index (χ1) is 11.6. The number of carbonyl (C=O) groups is 2. The highest BCUT2D eigenvalue weighted by Gasteiger charge is 2.12. The van der Waals surface area contributed by atoms with E-state index in [2.05, 4.69) is 5.32 Å². The lowest BCUT2D eigenvalue weighted by Crippen LogP contribution is -2.22. The fourth-order valence-electron chi connectivity index (χ4n) is 2.30. The van der Waals surface area contributed by atoms with Crippen molar-refractivity contribution in [2.24, 2.45) is 0 Å². The van der Waals surface area contributed by atoms with Crippen LogP contribution < -0.4 is 5.32 Å². The summed E-state index contributed by atoms with van der Waals surface area (Å²) in [7, 11) is 0. The first-order valence-corrected chi connectivity index (χ1v) is 8.48. The molecule has 0 aliphatic carbocycles. The third-order valence-corrected chi connectivity index (χ3v) is 4.74. The normalized spacial score (nSPS) is 10.4. The molecule has 2 aromatic carbocycles. The molecule has 0 radical (unpaired) electrons. The van der Waals surface area contributed by atoms with E-state index in [1.807, 2.05) is 61.5 Å². The van der Waals surface area contributed by atoms with Crippen molar-refractivity contribution in [2.45, 2.75) is 13.5 Å². The van der Waals surface area contributed by atoms with Crippen molar-refractivity contribution < 1.29 is 9.59 Å². The average molecular weight is 335 g/mol. The Balaban J connectivity index is 1.63. The smallest absolute Gasteiger partial charge is 0.251 e. The molecule has 3 aromatic rings. The lowest BCUT2D eigenvalue weighted by molar-refractivity contribution is 0.0950. The summed E-state index contributed by atoms with van der Waals surface area (Å²) < 4.78 is 0. The molecule has 0 saturated carbocycles. The van der Waals surface area contributed by atoms with Crippen molar-refractivity contribution in [1.29, 1.82) is 0 Å². The molecule has 1 N–H and O–H groups in total. The molecule has 0 saturated heterocycles. The summed E-state index contributed by atoms with van der Waals surface area (Å²) in [4.78, 5) is 26.1. The quantitative estimate of drug-likeness (QED) is 0.710. The van der Waals surface area contributed by atoms with Crippen LogP contribution in [-0.2, 0) is 6.54 Å². The topological polar surface area (TPSA) is 46.2 Å². The number of hydrogen-bond acceptors (Lipinski definition) is 3. The molecule has 0 bridgehead atoms. The predicted molar refractivity (Wildman–Crippen MR) is 96.5 cm³/mol. The van der Waals surface area contributed by atoms with E-state index in [1.54, 1.807) is 12.1 Å². The minimum absolute atomic E-state index is 0.0108. The fraction of sp³-hybridized carbons (Fsp3) is 0.100. The summed E-state index contributed by atoms with van der Waals surface area (Å²) in [6.45, 7) is 2.40. The molecule has 0 spiro atoms. The van der Waals surface area contributed by atoms with Crippen molar-refractivity contribution in [3.8, 4) is 0 Å². The Hall–Kier alpha value is -2.72. The number of ketones is 1. The second-order valence-corrected chi connectivity index (χ2v) is 6.68. The number of hydrogen-bond donors (Lipinski definition) is 1. The number of rotatable bonds is 5. The second kappa shape index (κ2) is 7.23. The van der Waals surface area contributed by atoms with Gasteiger partial charge >= 0.3 is 0 Å². The van der Waals surface area contributed by atoms with E-state index in [4.69, 9.17) is 0 Å². The zero-order chi connectivity index (χ0) is 16.9. The Bertz CT molecular complexity index is 851. The van der Waals surface area contributed by atoms with Gasteiger partial charge in [0.1, 0.15) is 0 Å². The molecule has 120 valence electrons. The van der Waals surface area contributed by atoms with E-state index in [0.29, 0.717) is 22.5 Å². The molecular formula is C20H17NO2S. The summed E-state index contributed by atoms with van der Waals surface area (Å²) in [6.07, 6.45) is 0. The van der Waals surface area contributed by atoms with Gasteiger partial charge in [-0.25, -0.2) is 0 Å². The Labute approximate surface area is 145 Å². The van der Waals surface area contributed by atoms with Crippen LogP contribution in [0.3, 0.4) is 0 Å². The van der Waals surface area contributed by atoms with E-state index in [0.717, 1.165) is 10.4 Å². The van der Waals surface area contributed by atoms with Crippen LogP contribution in [0.2, 0.25) is 0 Å². The first kappa shape index (κ1) is 16.1. The fourth-order valence-corrected chi connectivity index (χ4v) is 3.21. The third-order valence-electron chi connectivity index (χ3n) is 3.66. The average Bonchev–Trinajstić information content (AvgIpc) is 3.09. The molecule has 0 aliphatic rings. The summed E-state index contributed by atoms with van der Waals surface area (Å²) in [6, 6.07) is 20.3. The van der Waals surface area contributed by atoms with E-state index in [9.17, 15) is 9.59 Å². The van der Waals surface area contributed by atoms with Crippen molar-refractivity contribution >= 4 is 23.0 Å². The van der Waals surface area contributed by atoms with E-state index in [-0.39, 0.29) is 11.7 Å². The molecule has 3 nitrogen and oxygen atoms in total. The number of benzene rings is 2. The van der Waals surface area contributed by atoms with Crippen LogP contribution in [0.5, 0.6) is 0 Å². The van der Waals surface area contributed by atoms with Crippen molar-refractivity contribution in [3.63, 3.8) is 0 Å². The van der Waals surface area contributed by atoms with Crippen molar-refractivity contribution in [1.82, 2.24) is 5.32 Å². The summed E-state index contributed by atoms with van der Waals surface area (Å²) in [5.74, 6) is -0.101. The number of nitrogens with one attached hydrogen (secondary N) is 1. The van der Waals surface area contributed by atoms with Crippen LogP contribution >= 0.6 is 11.3 Å². The van der Waals surface area contributed by atoms with Gasteiger partial charge in [0, 0.05) is 16.0 Å². The maximum atomic E-state index is 12.4. The van der Waals surface area contributed by atoms with Gasteiger partial charge in [-0.15, -0.1) is 11.3 Å². The van der Waals surface area contributed by atoms with E-state index < -0.39 is 0 Å². The van der Waals surface area contributed by atoms with Gasteiger partial charge in [-0.1, -0.05) is 48.0 Å². The largest absolute Gasteiger partial charge is 0.347 e. The van der Waals surface area contributed by atoms with Gasteiger partial charge in [0.15, 0.2) is 0 Å². The molecule has 0 fully saturated rings. The molecule has 4 heteroatoms. The molecule has 0 unspecified atom stereocenters. The Morgan fingerprint density at radius 3 is 2.29 bits per heavy atom. The highest BCUT2D eigenvalue weighted by Crippen LogP contribution is 2.20. The predicted octanol–water partition coefficient (Wildman–Crippen LogP) is 4.22. The van der Waals surface area contributed by atoms with Crippen molar-refractivity contribution in [2.75, 3.05) is 0 Å². The van der Waals surface area contributed by atoms with Gasteiger partial charge in [0.05, 0.1) is 11.4 Å². The summed E-state index contributed by atoms with van der Waals surface area (Å²) in [5, 5.41) is 2.89. The molecule has 0 atom stereocenters. The Kier molecular flexibility index (Phi) is 4.87. The minimum Gasteiger partial charge on any atom is -0.347 e. The van der Waals surface area contributed by atoms with Gasteiger partial charge < -0.3 is 5.32 Å². The van der Waals surface area contributed by atoms with Crippen LogP contribution in [0.4, 0.5) is 0 Å². The SMILES string of the molecule is Cc1ccc(C(=O)NCc2ccc(C(=O)c3ccccc3)s2)cc1. The third kappa shape index (κ3) is 3.78. The van der Waals surface area contributed by atoms with Crippen LogP contribution in [-0.4, -0.2) is 11.7 Å². The van der Waals surface area contributed by atoms with Gasteiger partial charge in [-0.05, 0) is 31.2 Å². The maximum absolute atomic E-state index is 12.4. The molecular weight excluding hydrogens is 318 g/mol. The Morgan fingerprint density at radius 1 is 0.875 bits per heavy atom. The molecule has 1 aromatic heterocycles. The van der Waals surface area contributed by atoms with Gasteiger partial charge in [-0.3, -0.25) is 9.59 Å². The number of aryl methyl sites for hydroxylation is 1. The molecule has 1 amide bonds. The second-order valence-electron chi connectivity index (χ2n) is 5.51. The standard InChI is InChI=1S/C20H17NO2S/c1-14-7-9-16(10-8-14)20(23)21-13-17-11-12-18(24-17)19(22)15-5-3-2-4-6-15/h2-12H,13H2,1H3,(H,21,23). The zero-order valence-corrected chi connectivity index (χ0v) is 14.1. The maximum Gasteiger partial charge on any atom is 0.251 e. The van der Waals surface area contributed by atoms with E-state index in [1.165, 1.54) is 11.3 Å². The molecule has 24 heavy (non-hydrogen) atoms. The first-order valence-electron chi connectivity index (χ1n) is 7.67. The summed E-state index contributed by atoms with van der Waals surface area (Å²) >= 11 is 1.41. The molecule has 1 heterocycles. The van der Waals surface area contributed by atoms with Crippen LogP contribution in [0.1, 0.15) is 36.0 Å². The van der Waals surface area contributed by atoms with Crippen LogP contribution in [0, 0.1) is 6.92 Å². The van der Waals surface area contributed by atoms with E-state index >= 15 is 0 Å². The van der Waals surface area contributed by atoms with Crippen LogP contribution in [0.25, 0.3) is 0 Å². The lowest BCUT2D eigenvalue weighted by atomic mass is 10.1. The summed E-state index contributed by atoms with van der Waals surface area (Å²) in [5.41, 5.74) is 2.43. The minimum atomic E-state index is -0.112. The van der Waals surface area contributed by atoms with Gasteiger partial charge in [0.25, 0.3) is 5.91 Å². The number of amides is 1. The number of thiophene rings is 1. The molecule has 0 aliphatic heterocycles. The van der Waals surface area contributed by atoms with Gasteiger partial charge in [-0.2, -0.15) is 0 Å². The monoisotopic (exact) mass is 335 g/mol. The van der Waals surface area contributed by atoms with Gasteiger partial charge in [0.2, 0.25) is 5.78 Å². The number of carbonyl (C=O) groups excluding carboxylic acids is 2. The highest BCUT2D eigenvalue weighted by atomic mass is 32.1. The van der Waals surface area contributed by atoms with Crippen molar-refractivity contribution in [3.05, 3.63) is 93.2 Å². The van der Waals surface area contributed by atoms with Crippen LogP contribution in [0.15, 0.2) is 66.7 Å².